The van der Waals surface area contributed by atoms with Gasteiger partial charge < -0.3 is 18.1 Å². The Balaban J connectivity index is 2.91. The molecule has 0 aromatic carbocycles. The highest BCUT2D eigenvalue weighted by atomic mass is 31.3. The summed E-state index contributed by atoms with van der Waals surface area (Å²) in [5, 5.41) is 16.1. The third-order valence-electron chi connectivity index (χ3n) is 1.06. The van der Waals surface area contributed by atoms with Crippen molar-refractivity contribution in [3.05, 3.63) is 0 Å². The van der Waals surface area contributed by atoms with Gasteiger partial charge in [-0.2, -0.15) is 0 Å². The van der Waals surface area contributed by atoms with Gasteiger partial charge in [-0.15, -0.1) is 14.8 Å². The Morgan fingerprint density at radius 2 is 1.53 bits per heavy atom. The van der Waals surface area contributed by atoms with Crippen LogP contribution in [-0.2, 0) is 41.1 Å². The lowest BCUT2D eigenvalue weighted by Crippen LogP contribution is -2.05. The van der Waals surface area contributed by atoms with Crippen LogP contribution in [0.25, 0.3) is 0 Å². The topological polar surface area (TPSA) is 162 Å². The number of nitrogens with zero attached hydrogens (tertiary/aromatic N) is 2. The lowest BCUT2D eigenvalue weighted by atomic mass is 10.7. The molecule has 17 heavy (non-hydrogen) atoms. The van der Waals surface area contributed by atoms with Gasteiger partial charge in [0, 0.05) is 0 Å². The Morgan fingerprint density at radius 1 is 1.12 bits per heavy atom. The zero-order valence-electron chi connectivity index (χ0n) is 7.46. The maximum Gasteiger partial charge on any atom is 0.618 e. The molecule has 0 radical (unpaired) electrons. The van der Waals surface area contributed by atoms with Crippen molar-refractivity contribution < 1.29 is 41.1 Å². The Kier molecular flexibility index (Phi) is 3.39. The summed E-state index contributed by atoms with van der Waals surface area (Å²) in [5.41, 5.74) is 0. The van der Waals surface area contributed by atoms with E-state index in [1.165, 1.54) is 0 Å². The average Bonchev–Trinajstić information content (AvgIpc) is 2.39. The fourth-order valence-electron chi connectivity index (χ4n) is 0.604. The van der Waals surface area contributed by atoms with Crippen molar-refractivity contribution in [1.29, 1.82) is 10.5 Å². The molecule has 1 aliphatic rings. The molecule has 0 atom stereocenters. The van der Waals surface area contributed by atoms with Gasteiger partial charge in [-0.25, -0.2) is 18.7 Å². The van der Waals surface area contributed by atoms with Crippen molar-refractivity contribution in [2.24, 2.45) is 0 Å². The molecule has 0 aromatic rings. The van der Waals surface area contributed by atoms with E-state index in [2.05, 4.69) is 22.4 Å². The quantitative estimate of drug-likeness (QED) is 0.396. The van der Waals surface area contributed by atoms with Crippen LogP contribution in [0.15, 0.2) is 0 Å². The van der Waals surface area contributed by atoms with Crippen LogP contribution in [0.2, 0.25) is 0 Å². The summed E-state index contributed by atoms with van der Waals surface area (Å²) in [6.07, 6.45) is 1.68. The molecule has 0 N–H and O–H groups in total. The summed E-state index contributed by atoms with van der Waals surface area (Å²) in [6.45, 7) is 0. The average molecular weight is 282 g/mol. The molecule has 0 saturated carbocycles. The molecule has 11 nitrogen and oxygen atoms in total. The zero-order valence-corrected chi connectivity index (χ0v) is 9.25. The van der Waals surface area contributed by atoms with E-state index in [9.17, 15) is 18.7 Å². The Bertz CT molecular complexity index is 500. The molecule has 1 saturated heterocycles. The number of nitriles is 2. The van der Waals surface area contributed by atoms with Crippen LogP contribution in [0.3, 0.4) is 0 Å². The van der Waals surface area contributed by atoms with Gasteiger partial charge >= 0.3 is 27.6 Å². The van der Waals surface area contributed by atoms with Crippen LogP contribution in [0, 0.1) is 23.0 Å². The summed E-state index contributed by atoms with van der Waals surface area (Å²) in [6, 6.07) is 0. The molecule has 13 heteroatoms. The lowest BCUT2D eigenvalue weighted by Gasteiger charge is -2.11. The lowest BCUT2D eigenvalue weighted by molar-refractivity contribution is -0.150. The van der Waals surface area contributed by atoms with Gasteiger partial charge in [-0.05, 0) is 0 Å². The summed E-state index contributed by atoms with van der Waals surface area (Å²) in [7, 11) is -9.80. The molecule has 0 amide bonds. The van der Waals surface area contributed by atoms with Crippen LogP contribution in [0.1, 0.15) is 0 Å². The van der Waals surface area contributed by atoms with Gasteiger partial charge in [0.25, 0.3) is 12.5 Å². The number of hydrogen-bond donors (Lipinski definition) is 0. The first-order chi connectivity index (χ1) is 7.84. The Morgan fingerprint density at radius 3 is 1.88 bits per heavy atom. The smallest absolute Gasteiger partial charge is 0.352 e. The summed E-state index contributed by atoms with van der Waals surface area (Å²) in [4.78, 5) is 21.1. The standard InChI is InChI=1S/C4N2O9P2/c5-1-11-16(9,12-2-6)15-17(10)13-3(7)4(8)14-17. The second-order valence-electron chi connectivity index (χ2n) is 2.10. The molecule has 0 spiro atoms. The Hall–Kier alpha value is -2.06. The molecule has 1 rings (SSSR count). The molecule has 1 heterocycles. The van der Waals surface area contributed by atoms with Crippen LogP contribution < -0.4 is 0 Å². The Labute approximate surface area is 92.6 Å². The van der Waals surface area contributed by atoms with Gasteiger partial charge in [0.05, 0.1) is 0 Å². The predicted molar refractivity (Wildman–Crippen MR) is 41.9 cm³/mol. The van der Waals surface area contributed by atoms with E-state index in [1.54, 1.807) is 0 Å². The fraction of sp³-hybridized carbons (Fsp3) is 0. The third kappa shape index (κ3) is 2.95. The first-order valence-electron chi connectivity index (χ1n) is 3.38. The number of rotatable bonds is 4. The van der Waals surface area contributed by atoms with Crippen LogP contribution >= 0.6 is 15.6 Å². The van der Waals surface area contributed by atoms with Crippen molar-refractivity contribution in [1.82, 2.24) is 0 Å². The van der Waals surface area contributed by atoms with Crippen molar-refractivity contribution in [2.75, 3.05) is 0 Å². The molecule has 1 aliphatic heterocycles. The molecule has 90 valence electrons. The van der Waals surface area contributed by atoms with Gasteiger partial charge in [-0.1, -0.05) is 0 Å². The zero-order chi connectivity index (χ0) is 13.1. The van der Waals surface area contributed by atoms with Gasteiger partial charge in [0.1, 0.15) is 0 Å². The third-order valence-corrected chi connectivity index (χ3v) is 4.05. The van der Waals surface area contributed by atoms with Gasteiger partial charge in [0.2, 0.25) is 0 Å². The molecule has 0 aromatic heterocycles. The van der Waals surface area contributed by atoms with E-state index in [1.807, 2.05) is 0 Å². The van der Waals surface area contributed by atoms with Crippen LogP contribution in [0.5, 0.6) is 0 Å². The number of carbonyl (C=O) groups excluding carboxylic acids is 2. The van der Waals surface area contributed by atoms with Gasteiger partial charge in [-0.3, -0.25) is 0 Å². The predicted octanol–water partition coefficient (Wildman–Crippen LogP) is 0.315. The van der Waals surface area contributed by atoms with E-state index in [0.29, 0.717) is 0 Å². The van der Waals surface area contributed by atoms with Crippen LogP contribution in [-0.4, -0.2) is 11.9 Å². The minimum absolute atomic E-state index is 0.840. The highest BCUT2D eigenvalue weighted by molar-refractivity contribution is 7.63. The minimum Gasteiger partial charge on any atom is -0.352 e. The second-order valence-corrected chi connectivity index (χ2v) is 5.27. The molecule has 0 aliphatic carbocycles. The number of phosphoric ester groups is 2. The maximum atomic E-state index is 11.3. The first-order valence-corrected chi connectivity index (χ1v) is 6.30. The number of carbonyl (C=O) groups is 2. The fourth-order valence-corrected chi connectivity index (χ4v) is 2.95. The van der Waals surface area contributed by atoms with Crippen molar-refractivity contribution in [3.8, 4) is 12.5 Å². The van der Waals surface area contributed by atoms with E-state index >= 15 is 0 Å². The molecule has 0 bridgehead atoms. The second kappa shape index (κ2) is 4.44. The largest absolute Gasteiger partial charge is 0.618 e. The highest BCUT2D eigenvalue weighted by Crippen LogP contribution is 2.67. The normalized spacial score (nSPS) is 17.3. The number of phosphoric acid groups is 2. The van der Waals surface area contributed by atoms with E-state index in [0.717, 1.165) is 12.5 Å². The minimum atomic E-state index is -4.93. The van der Waals surface area contributed by atoms with Crippen molar-refractivity contribution in [2.45, 2.75) is 0 Å². The maximum absolute atomic E-state index is 11.3. The molecular weight excluding hydrogens is 282 g/mol. The van der Waals surface area contributed by atoms with Crippen molar-refractivity contribution >= 4 is 27.6 Å². The molecule has 0 unspecified atom stereocenters. The van der Waals surface area contributed by atoms with Gasteiger partial charge in [0.15, 0.2) is 0 Å². The van der Waals surface area contributed by atoms with Crippen molar-refractivity contribution in [3.63, 3.8) is 0 Å². The van der Waals surface area contributed by atoms with E-state index in [-0.39, 0.29) is 0 Å². The highest BCUT2D eigenvalue weighted by Gasteiger charge is 2.54. The monoisotopic (exact) mass is 282 g/mol. The molecular formula is C4N2O9P2. The van der Waals surface area contributed by atoms with E-state index in [4.69, 9.17) is 10.5 Å². The SMILES string of the molecule is N#COP(=O)(OC#N)OP1(=O)OC(=O)C(=O)O1. The van der Waals surface area contributed by atoms with Crippen LogP contribution in [0.4, 0.5) is 0 Å². The van der Waals surface area contributed by atoms with E-state index < -0.39 is 27.6 Å². The number of hydrogen-bond acceptors (Lipinski definition) is 11. The molecule has 1 fully saturated rings. The summed E-state index contributed by atoms with van der Waals surface area (Å²) < 4.78 is 41.7. The summed E-state index contributed by atoms with van der Waals surface area (Å²) in [5.74, 6) is -3.32. The first kappa shape index (κ1) is 13.0. The summed E-state index contributed by atoms with van der Waals surface area (Å²) >= 11 is 0.